The molecule has 1 fully saturated rings. The van der Waals surface area contributed by atoms with Gasteiger partial charge in [-0.05, 0) is 44.0 Å². The minimum Gasteiger partial charge on any atom is -0.481 e. The topological polar surface area (TPSA) is 51.4 Å². The van der Waals surface area contributed by atoms with Crippen molar-refractivity contribution in [1.82, 2.24) is 9.88 Å². The molecule has 1 aromatic heterocycles. The van der Waals surface area contributed by atoms with Crippen LogP contribution in [-0.4, -0.2) is 36.6 Å². The number of likely N-dealkylation sites (tertiary alicyclic amines) is 1. The number of pyridine rings is 1. The fraction of sp³-hybridized carbons (Fsp3) is 0.643. The van der Waals surface area contributed by atoms with Gasteiger partial charge in [0.2, 0.25) is 5.88 Å². The van der Waals surface area contributed by atoms with Crippen LogP contribution in [0.15, 0.2) is 18.2 Å². The van der Waals surface area contributed by atoms with E-state index in [9.17, 15) is 0 Å². The monoisotopic (exact) mass is 249 g/mol. The summed E-state index contributed by atoms with van der Waals surface area (Å²) in [6.45, 7) is 6.18. The fourth-order valence-corrected chi connectivity index (χ4v) is 2.34. The summed E-state index contributed by atoms with van der Waals surface area (Å²) < 4.78 is 5.15. The molecule has 0 radical (unpaired) electrons. The molecule has 18 heavy (non-hydrogen) atoms. The molecular weight excluding hydrogens is 226 g/mol. The van der Waals surface area contributed by atoms with Crippen LogP contribution in [0.4, 0.5) is 0 Å². The molecule has 0 aromatic carbocycles. The number of nitrogens with two attached hydrogens (primary N) is 1. The lowest BCUT2D eigenvalue weighted by Crippen LogP contribution is -2.41. The molecule has 100 valence electrons. The van der Waals surface area contributed by atoms with Gasteiger partial charge in [0, 0.05) is 12.6 Å². The molecule has 0 saturated carbocycles. The van der Waals surface area contributed by atoms with Crippen LogP contribution in [-0.2, 0) is 6.54 Å². The first-order valence-electron chi connectivity index (χ1n) is 6.57. The molecule has 1 aromatic rings. The van der Waals surface area contributed by atoms with Gasteiger partial charge in [0.15, 0.2) is 0 Å². The van der Waals surface area contributed by atoms with Gasteiger partial charge in [0.25, 0.3) is 0 Å². The highest BCUT2D eigenvalue weighted by Crippen LogP contribution is 2.29. The quantitative estimate of drug-likeness (QED) is 0.881. The van der Waals surface area contributed by atoms with E-state index < -0.39 is 0 Å². The van der Waals surface area contributed by atoms with Crippen LogP contribution in [0.25, 0.3) is 0 Å². The largest absolute Gasteiger partial charge is 0.481 e. The van der Waals surface area contributed by atoms with Gasteiger partial charge in [0.05, 0.1) is 12.8 Å². The minimum atomic E-state index is 0.332. The molecule has 1 saturated heterocycles. The lowest BCUT2D eigenvalue weighted by atomic mass is 9.80. The van der Waals surface area contributed by atoms with E-state index in [2.05, 4.69) is 22.9 Å². The van der Waals surface area contributed by atoms with Crippen molar-refractivity contribution in [2.45, 2.75) is 26.3 Å². The Labute approximate surface area is 109 Å². The van der Waals surface area contributed by atoms with Crippen molar-refractivity contribution in [3.63, 3.8) is 0 Å². The van der Waals surface area contributed by atoms with E-state index >= 15 is 0 Å². The predicted octanol–water partition coefficient (Wildman–Crippen LogP) is 1.65. The summed E-state index contributed by atoms with van der Waals surface area (Å²) in [7, 11) is 1.65. The molecule has 0 bridgehead atoms. The van der Waals surface area contributed by atoms with Crippen molar-refractivity contribution in [2.24, 2.45) is 11.1 Å². The molecule has 0 spiro atoms. The van der Waals surface area contributed by atoms with E-state index in [0.717, 1.165) is 31.9 Å². The number of piperidine rings is 1. The second kappa shape index (κ2) is 5.67. The van der Waals surface area contributed by atoms with Gasteiger partial charge >= 0.3 is 0 Å². The lowest BCUT2D eigenvalue weighted by molar-refractivity contribution is 0.118. The Bertz CT molecular complexity index is 386. The molecule has 1 aliphatic rings. The third-order valence-electron chi connectivity index (χ3n) is 3.93. The first-order chi connectivity index (χ1) is 8.65. The normalized spacial score (nSPS) is 19.7. The standard InChI is InChI=1S/C14H23N3O/c1-14(11-15)6-8-17(9-7-14)10-12-4-3-5-13(16-12)18-2/h3-5H,6-11,15H2,1-2H3. The molecule has 2 rings (SSSR count). The predicted molar refractivity (Wildman–Crippen MR) is 72.5 cm³/mol. The molecule has 2 heterocycles. The van der Waals surface area contributed by atoms with E-state index in [1.807, 2.05) is 12.1 Å². The van der Waals surface area contributed by atoms with Crippen molar-refractivity contribution < 1.29 is 4.74 Å². The molecular formula is C14H23N3O. The second-order valence-corrected chi connectivity index (χ2v) is 5.46. The third-order valence-corrected chi connectivity index (χ3v) is 3.93. The van der Waals surface area contributed by atoms with Crippen LogP contribution in [0.3, 0.4) is 0 Å². The summed E-state index contributed by atoms with van der Waals surface area (Å²) in [5.41, 5.74) is 7.23. The maximum Gasteiger partial charge on any atom is 0.213 e. The van der Waals surface area contributed by atoms with Crippen LogP contribution >= 0.6 is 0 Å². The average Bonchev–Trinajstić information content (AvgIpc) is 2.42. The number of hydrogen-bond donors (Lipinski definition) is 1. The van der Waals surface area contributed by atoms with E-state index in [1.165, 1.54) is 12.8 Å². The lowest BCUT2D eigenvalue weighted by Gasteiger charge is -2.38. The summed E-state index contributed by atoms with van der Waals surface area (Å²) in [5, 5.41) is 0. The van der Waals surface area contributed by atoms with E-state index in [1.54, 1.807) is 7.11 Å². The van der Waals surface area contributed by atoms with E-state index in [4.69, 9.17) is 10.5 Å². The van der Waals surface area contributed by atoms with Crippen LogP contribution < -0.4 is 10.5 Å². The van der Waals surface area contributed by atoms with Crippen LogP contribution in [0.2, 0.25) is 0 Å². The Morgan fingerprint density at radius 1 is 1.39 bits per heavy atom. The second-order valence-electron chi connectivity index (χ2n) is 5.46. The summed E-state index contributed by atoms with van der Waals surface area (Å²) in [4.78, 5) is 6.90. The molecule has 0 unspecified atom stereocenters. The average molecular weight is 249 g/mol. The van der Waals surface area contributed by atoms with Gasteiger partial charge in [0.1, 0.15) is 0 Å². The van der Waals surface area contributed by atoms with Crippen molar-refractivity contribution in [2.75, 3.05) is 26.7 Å². The van der Waals surface area contributed by atoms with Crippen molar-refractivity contribution in [3.05, 3.63) is 23.9 Å². The third kappa shape index (κ3) is 3.21. The number of rotatable bonds is 4. The van der Waals surface area contributed by atoms with Crippen molar-refractivity contribution in [1.29, 1.82) is 0 Å². The van der Waals surface area contributed by atoms with Gasteiger partial charge in [-0.3, -0.25) is 4.90 Å². The summed E-state index contributed by atoms with van der Waals surface area (Å²) in [6.07, 6.45) is 2.35. The zero-order chi connectivity index (χ0) is 13.0. The molecule has 0 atom stereocenters. The zero-order valence-electron chi connectivity index (χ0n) is 11.4. The van der Waals surface area contributed by atoms with Crippen molar-refractivity contribution in [3.8, 4) is 5.88 Å². The summed E-state index contributed by atoms with van der Waals surface area (Å²) >= 11 is 0. The van der Waals surface area contributed by atoms with Gasteiger partial charge in [-0.1, -0.05) is 13.0 Å². The minimum absolute atomic E-state index is 0.332. The molecule has 4 nitrogen and oxygen atoms in total. The zero-order valence-corrected chi connectivity index (χ0v) is 11.4. The van der Waals surface area contributed by atoms with Gasteiger partial charge < -0.3 is 10.5 Å². The Balaban J connectivity index is 1.91. The highest BCUT2D eigenvalue weighted by Gasteiger charge is 2.28. The van der Waals surface area contributed by atoms with Gasteiger partial charge in [-0.15, -0.1) is 0 Å². The molecule has 0 aliphatic carbocycles. The van der Waals surface area contributed by atoms with Crippen molar-refractivity contribution >= 4 is 0 Å². The van der Waals surface area contributed by atoms with Crippen LogP contribution in [0.5, 0.6) is 5.88 Å². The number of nitrogens with zero attached hydrogens (tertiary/aromatic N) is 2. The molecule has 4 heteroatoms. The first kappa shape index (κ1) is 13.3. The SMILES string of the molecule is COc1cccc(CN2CCC(C)(CN)CC2)n1. The first-order valence-corrected chi connectivity index (χ1v) is 6.57. The summed E-state index contributed by atoms with van der Waals surface area (Å²) in [6, 6.07) is 5.93. The molecule has 1 aliphatic heterocycles. The number of ether oxygens (including phenoxy) is 1. The highest BCUT2D eigenvalue weighted by molar-refractivity contribution is 5.15. The maximum absolute atomic E-state index is 5.83. The van der Waals surface area contributed by atoms with Crippen LogP contribution in [0.1, 0.15) is 25.5 Å². The highest BCUT2D eigenvalue weighted by atomic mass is 16.5. The Morgan fingerprint density at radius 3 is 2.72 bits per heavy atom. The Morgan fingerprint density at radius 2 is 2.11 bits per heavy atom. The van der Waals surface area contributed by atoms with Gasteiger partial charge in [-0.2, -0.15) is 0 Å². The fourth-order valence-electron chi connectivity index (χ4n) is 2.34. The molecule has 0 amide bonds. The van der Waals surface area contributed by atoms with Gasteiger partial charge in [-0.25, -0.2) is 4.98 Å². The summed E-state index contributed by atoms with van der Waals surface area (Å²) in [5.74, 6) is 0.691. The number of aromatic nitrogens is 1. The number of methoxy groups -OCH3 is 1. The van der Waals surface area contributed by atoms with Crippen LogP contribution in [0, 0.1) is 5.41 Å². The Kier molecular flexibility index (Phi) is 4.19. The molecule has 2 N–H and O–H groups in total. The maximum atomic E-state index is 5.83. The van der Waals surface area contributed by atoms with E-state index in [0.29, 0.717) is 11.3 Å². The smallest absolute Gasteiger partial charge is 0.213 e. The Hall–Kier alpha value is -1.13. The number of hydrogen-bond acceptors (Lipinski definition) is 4. The van der Waals surface area contributed by atoms with E-state index in [-0.39, 0.29) is 0 Å².